The molecule has 0 unspecified atom stereocenters. The van der Waals surface area contributed by atoms with Crippen LogP contribution in [0.5, 0.6) is 0 Å². The fourth-order valence-corrected chi connectivity index (χ4v) is 2.82. The van der Waals surface area contributed by atoms with Gasteiger partial charge >= 0.3 is 0 Å². The first-order chi connectivity index (χ1) is 9.58. The highest BCUT2D eigenvalue weighted by Gasteiger charge is 2.51. The first kappa shape index (κ1) is 15.1. The Bertz CT molecular complexity index is 374. The summed E-state index contributed by atoms with van der Waals surface area (Å²) in [4.78, 5) is 12.2. The molecule has 0 aromatic rings. The predicted octanol–water partition coefficient (Wildman–Crippen LogP) is 1.08. The number of ether oxygens (including phenoxy) is 1. The highest BCUT2D eigenvalue weighted by atomic mass is 16.5. The number of nitrogens with zero attached hydrogens (tertiary/aromatic N) is 1. The molecule has 0 aromatic heterocycles. The molecule has 0 radical (unpaired) electrons. The van der Waals surface area contributed by atoms with Crippen molar-refractivity contribution in [2.45, 2.75) is 39.0 Å². The fourth-order valence-electron chi connectivity index (χ4n) is 2.82. The van der Waals surface area contributed by atoms with Crippen LogP contribution in [0.15, 0.2) is 5.16 Å². The maximum Gasteiger partial charge on any atom is 0.233 e. The number of amidine groups is 1. The molecule has 2 rings (SSSR count). The van der Waals surface area contributed by atoms with Crippen molar-refractivity contribution in [1.82, 2.24) is 5.32 Å². The van der Waals surface area contributed by atoms with E-state index in [0.29, 0.717) is 31.9 Å². The summed E-state index contributed by atoms with van der Waals surface area (Å²) in [6, 6.07) is 0. The molecule has 1 amide bonds. The summed E-state index contributed by atoms with van der Waals surface area (Å²) in [6.07, 6.45) is 4.66. The molecule has 0 saturated heterocycles. The average molecular weight is 283 g/mol. The van der Waals surface area contributed by atoms with Gasteiger partial charge in [-0.05, 0) is 43.9 Å². The molecule has 114 valence electrons. The standard InChI is InChI=1S/C14H25N3O3/c1-10-7-14(8-10,12(15)17-19)13(18)16-5-2-6-20-9-11-3-4-11/h10-11,19H,2-9H2,1H3,(H2,15,17)(H,16,18). The summed E-state index contributed by atoms with van der Waals surface area (Å²) in [6.45, 7) is 4.14. The van der Waals surface area contributed by atoms with Gasteiger partial charge in [0.1, 0.15) is 5.41 Å². The molecule has 2 saturated carbocycles. The van der Waals surface area contributed by atoms with E-state index in [9.17, 15) is 4.79 Å². The maximum absolute atomic E-state index is 12.2. The molecule has 2 aliphatic rings. The number of oxime groups is 1. The largest absolute Gasteiger partial charge is 0.409 e. The molecule has 4 N–H and O–H groups in total. The van der Waals surface area contributed by atoms with E-state index in [1.807, 2.05) is 0 Å². The third-order valence-corrected chi connectivity index (χ3v) is 4.23. The summed E-state index contributed by atoms with van der Waals surface area (Å²) in [7, 11) is 0. The molecule has 0 heterocycles. The van der Waals surface area contributed by atoms with Gasteiger partial charge in [0.25, 0.3) is 0 Å². The Morgan fingerprint density at radius 3 is 2.75 bits per heavy atom. The molecule has 0 aromatic carbocycles. The van der Waals surface area contributed by atoms with Crippen molar-refractivity contribution < 1.29 is 14.7 Å². The van der Waals surface area contributed by atoms with Crippen molar-refractivity contribution >= 4 is 11.7 Å². The Morgan fingerprint density at radius 1 is 1.50 bits per heavy atom. The second-order valence-electron chi connectivity index (χ2n) is 6.21. The van der Waals surface area contributed by atoms with E-state index in [0.717, 1.165) is 18.9 Å². The number of carbonyl (C=O) groups is 1. The second kappa shape index (κ2) is 6.43. The molecule has 0 atom stereocenters. The second-order valence-corrected chi connectivity index (χ2v) is 6.21. The quantitative estimate of drug-likeness (QED) is 0.204. The first-order valence-electron chi connectivity index (χ1n) is 7.42. The van der Waals surface area contributed by atoms with Gasteiger partial charge in [-0.3, -0.25) is 4.79 Å². The lowest BCUT2D eigenvalue weighted by atomic mass is 9.61. The lowest BCUT2D eigenvalue weighted by Crippen LogP contribution is -2.56. The third kappa shape index (κ3) is 3.42. The summed E-state index contributed by atoms with van der Waals surface area (Å²) in [5.74, 6) is 1.10. The zero-order chi connectivity index (χ0) is 14.6. The Hall–Kier alpha value is -1.30. The number of amides is 1. The van der Waals surface area contributed by atoms with Gasteiger partial charge in [0.05, 0.1) is 0 Å². The van der Waals surface area contributed by atoms with E-state index in [2.05, 4.69) is 17.4 Å². The minimum Gasteiger partial charge on any atom is -0.409 e. The number of hydrogen-bond donors (Lipinski definition) is 3. The van der Waals surface area contributed by atoms with Crippen molar-refractivity contribution in [2.24, 2.45) is 28.1 Å². The minimum atomic E-state index is -0.803. The molecule has 2 fully saturated rings. The van der Waals surface area contributed by atoms with Gasteiger partial charge in [0.15, 0.2) is 5.84 Å². The number of nitrogens with one attached hydrogen (secondary N) is 1. The van der Waals surface area contributed by atoms with Crippen molar-refractivity contribution in [1.29, 1.82) is 0 Å². The van der Waals surface area contributed by atoms with E-state index < -0.39 is 5.41 Å². The van der Waals surface area contributed by atoms with Gasteiger partial charge in [-0.15, -0.1) is 0 Å². The number of rotatable bonds is 8. The average Bonchev–Trinajstić information content (AvgIpc) is 3.21. The summed E-state index contributed by atoms with van der Waals surface area (Å²) < 4.78 is 5.51. The van der Waals surface area contributed by atoms with E-state index >= 15 is 0 Å². The van der Waals surface area contributed by atoms with Crippen molar-refractivity contribution in [3.8, 4) is 0 Å². The van der Waals surface area contributed by atoms with Crippen LogP contribution in [0.3, 0.4) is 0 Å². The highest BCUT2D eigenvalue weighted by molar-refractivity contribution is 6.07. The van der Waals surface area contributed by atoms with Crippen molar-refractivity contribution in [2.75, 3.05) is 19.8 Å². The Labute approximate surface area is 119 Å². The zero-order valence-corrected chi connectivity index (χ0v) is 12.1. The van der Waals surface area contributed by atoms with E-state index in [1.54, 1.807) is 0 Å². The van der Waals surface area contributed by atoms with Crippen molar-refractivity contribution in [3.05, 3.63) is 0 Å². The monoisotopic (exact) mass is 283 g/mol. The molecule has 20 heavy (non-hydrogen) atoms. The Kier molecular flexibility index (Phi) is 4.86. The molecule has 0 aliphatic heterocycles. The van der Waals surface area contributed by atoms with Gasteiger partial charge in [-0.2, -0.15) is 0 Å². The molecule has 6 nitrogen and oxygen atoms in total. The van der Waals surface area contributed by atoms with Gasteiger partial charge in [-0.25, -0.2) is 0 Å². The van der Waals surface area contributed by atoms with Crippen LogP contribution in [0.2, 0.25) is 0 Å². The topological polar surface area (TPSA) is 96.9 Å². The lowest BCUT2D eigenvalue weighted by Gasteiger charge is -2.43. The molecule has 0 spiro atoms. The number of hydrogen-bond acceptors (Lipinski definition) is 4. The normalized spacial score (nSPS) is 29.9. The predicted molar refractivity (Wildman–Crippen MR) is 75.4 cm³/mol. The summed E-state index contributed by atoms with van der Waals surface area (Å²) in [5.41, 5.74) is 4.88. The molecular formula is C14H25N3O3. The van der Waals surface area contributed by atoms with Crippen molar-refractivity contribution in [3.63, 3.8) is 0 Å². The van der Waals surface area contributed by atoms with Crippen LogP contribution in [-0.2, 0) is 9.53 Å². The van der Waals surface area contributed by atoms with Gasteiger partial charge in [0.2, 0.25) is 5.91 Å². The Morgan fingerprint density at radius 2 is 2.20 bits per heavy atom. The van der Waals surface area contributed by atoms with Crippen LogP contribution in [0.25, 0.3) is 0 Å². The third-order valence-electron chi connectivity index (χ3n) is 4.23. The highest BCUT2D eigenvalue weighted by Crippen LogP contribution is 2.45. The Balaban J connectivity index is 1.66. The van der Waals surface area contributed by atoms with Crippen LogP contribution < -0.4 is 11.1 Å². The molecule has 2 aliphatic carbocycles. The van der Waals surface area contributed by atoms with E-state index in [4.69, 9.17) is 15.7 Å². The van der Waals surface area contributed by atoms with Gasteiger partial charge < -0.3 is 21.0 Å². The van der Waals surface area contributed by atoms with Gasteiger partial charge in [0, 0.05) is 19.8 Å². The molecular weight excluding hydrogens is 258 g/mol. The van der Waals surface area contributed by atoms with Crippen LogP contribution in [0.4, 0.5) is 0 Å². The SMILES string of the molecule is CC1CC(C(=O)NCCCOCC2CC2)(C(N)=NO)C1. The molecule has 0 bridgehead atoms. The van der Waals surface area contributed by atoms with Crippen LogP contribution in [-0.4, -0.2) is 36.7 Å². The van der Waals surface area contributed by atoms with E-state index in [1.165, 1.54) is 12.8 Å². The van der Waals surface area contributed by atoms with Crippen LogP contribution >= 0.6 is 0 Å². The first-order valence-corrected chi connectivity index (χ1v) is 7.42. The molecule has 6 heteroatoms. The number of nitrogens with two attached hydrogens (primary N) is 1. The summed E-state index contributed by atoms with van der Waals surface area (Å²) in [5, 5.41) is 14.7. The lowest BCUT2D eigenvalue weighted by molar-refractivity contribution is -0.133. The summed E-state index contributed by atoms with van der Waals surface area (Å²) >= 11 is 0. The van der Waals surface area contributed by atoms with Crippen LogP contribution in [0.1, 0.15) is 39.0 Å². The fraction of sp³-hybridized carbons (Fsp3) is 0.857. The van der Waals surface area contributed by atoms with Crippen LogP contribution in [0, 0.1) is 17.3 Å². The maximum atomic E-state index is 12.2. The van der Waals surface area contributed by atoms with Gasteiger partial charge in [-0.1, -0.05) is 12.1 Å². The number of carbonyl (C=O) groups excluding carboxylic acids is 1. The van der Waals surface area contributed by atoms with E-state index in [-0.39, 0.29) is 11.7 Å². The smallest absolute Gasteiger partial charge is 0.233 e. The zero-order valence-electron chi connectivity index (χ0n) is 12.1. The minimum absolute atomic E-state index is 0.0260.